The molecule has 0 aliphatic carbocycles. The minimum atomic E-state index is 0.540. The molecule has 1 atom stereocenters. The number of hydrogen-bond acceptors (Lipinski definition) is 2. The molecule has 2 aromatic rings. The Morgan fingerprint density at radius 1 is 1.19 bits per heavy atom. The van der Waals surface area contributed by atoms with Crippen molar-refractivity contribution < 1.29 is 0 Å². The highest BCUT2D eigenvalue weighted by atomic mass is 32.1. The monoisotopic (exact) mass is 233 g/mol. The first-order chi connectivity index (χ1) is 7.66. The van der Waals surface area contributed by atoms with E-state index in [1.807, 2.05) is 11.3 Å². The predicted molar refractivity (Wildman–Crippen MR) is 73.3 cm³/mol. The smallest absolute Gasteiger partial charge is 0.0345 e. The average molecular weight is 233 g/mol. The van der Waals surface area contributed by atoms with Gasteiger partial charge in [-0.05, 0) is 35.7 Å². The Hall–Kier alpha value is -0.860. The molecule has 1 N–H and O–H groups in total. The standard InChI is InChI=1S/C14H19NS/c1-10(2)15-11(3)8-12-9-16-14-7-5-4-6-13(12)14/h4-7,9-11,15H,8H2,1-3H3/t11-/m0/s1. The highest BCUT2D eigenvalue weighted by molar-refractivity contribution is 7.17. The summed E-state index contributed by atoms with van der Waals surface area (Å²) in [5.41, 5.74) is 1.47. The Balaban J connectivity index is 2.15. The number of hydrogen-bond donors (Lipinski definition) is 1. The first kappa shape index (κ1) is 11.6. The molecule has 86 valence electrons. The lowest BCUT2D eigenvalue weighted by molar-refractivity contribution is 0.489. The average Bonchev–Trinajstić information content (AvgIpc) is 2.61. The zero-order chi connectivity index (χ0) is 11.5. The van der Waals surface area contributed by atoms with Crippen LogP contribution in [0.4, 0.5) is 0 Å². The van der Waals surface area contributed by atoms with Gasteiger partial charge < -0.3 is 5.32 Å². The first-order valence-electron chi connectivity index (χ1n) is 5.88. The maximum atomic E-state index is 3.55. The fourth-order valence-corrected chi connectivity index (χ4v) is 3.12. The maximum Gasteiger partial charge on any atom is 0.0345 e. The Labute approximate surface area is 101 Å². The van der Waals surface area contributed by atoms with Crippen molar-refractivity contribution in [3.63, 3.8) is 0 Å². The molecule has 1 heterocycles. The Bertz CT molecular complexity index is 458. The van der Waals surface area contributed by atoms with Gasteiger partial charge in [-0.1, -0.05) is 32.0 Å². The lowest BCUT2D eigenvalue weighted by atomic mass is 10.1. The molecule has 0 unspecified atom stereocenters. The zero-order valence-corrected chi connectivity index (χ0v) is 11.0. The Morgan fingerprint density at radius 2 is 1.94 bits per heavy atom. The zero-order valence-electron chi connectivity index (χ0n) is 10.2. The number of rotatable bonds is 4. The molecule has 2 heteroatoms. The molecule has 2 rings (SSSR count). The van der Waals surface area contributed by atoms with Crippen LogP contribution in [0, 0.1) is 0 Å². The molecule has 0 amide bonds. The summed E-state index contributed by atoms with van der Waals surface area (Å²) in [4.78, 5) is 0. The molecule has 0 aliphatic rings. The first-order valence-corrected chi connectivity index (χ1v) is 6.76. The summed E-state index contributed by atoms with van der Waals surface area (Å²) < 4.78 is 1.40. The summed E-state index contributed by atoms with van der Waals surface area (Å²) in [5.74, 6) is 0. The van der Waals surface area contributed by atoms with E-state index in [1.54, 1.807) is 0 Å². The molecular weight excluding hydrogens is 214 g/mol. The molecule has 0 aliphatic heterocycles. The van der Waals surface area contributed by atoms with Gasteiger partial charge >= 0.3 is 0 Å². The molecule has 0 fully saturated rings. The van der Waals surface area contributed by atoms with Crippen LogP contribution in [0.1, 0.15) is 26.3 Å². The van der Waals surface area contributed by atoms with Gasteiger partial charge in [0.05, 0.1) is 0 Å². The topological polar surface area (TPSA) is 12.0 Å². The van der Waals surface area contributed by atoms with Crippen molar-refractivity contribution in [2.24, 2.45) is 0 Å². The third-order valence-electron chi connectivity index (χ3n) is 2.71. The third-order valence-corrected chi connectivity index (χ3v) is 3.72. The molecule has 1 nitrogen and oxygen atoms in total. The molecule has 1 aromatic heterocycles. The van der Waals surface area contributed by atoms with Crippen LogP contribution >= 0.6 is 11.3 Å². The van der Waals surface area contributed by atoms with Gasteiger partial charge in [-0.3, -0.25) is 0 Å². The summed E-state index contributed by atoms with van der Waals surface area (Å²) in [5, 5.41) is 7.27. The van der Waals surface area contributed by atoms with E-state index in [0.717, 1.165) is 6.42 Å². The van der Waals surface area contributed by atoms with Gasteiger partial charge in [0, 0.05) is 16.8 Å². The van der Waals surface area contributed by atoms with Crippen molar-refractivity contribution in [1.29, 1.82) is 0 Å². The van der Waals surface area contributed by atoms with Crippen molar-refractivity contribution in [3.05, 3.63) is 35.2 Å². The van der Waals surface area contributed by atoms with Gasteiger partial charge in [-0.15, -0.1) is 11.3 Å². The number of nitrogens with one attached hydrogen (secondary N) is 1. The van der Waals surface area contributed by atoms with E-state index in [2.05, 4.69) is 55.7 Å². The fourth-order valence-electron chi connectivity index (χ4n) is 2.15. The SMILES string of the molecule is CC(C)N[C@@H](C)Cc1csc2ccccc12. The Kier molecular flexibility index (Phi) is 3.62. The second-order valence-electron chi connectivity index (χ2n) is 4.68. The maximum absolute atomic E-state index is 3.55. The summed E-state index contributed by atoms with van der Waals surface area (Å²) in [6.45, 7) is 6.65. The van der Waals surface area contributed by atoms with Gasteiger partial charge in [0.2, 0.25) is 0 Å². The molecule has 0 bridgehead atoms. The number of thiophene rings is 1. The van der Waals surface area contributed by atoms with Crippen LogP contribution in [0.3, 0.4) is 0 Å². The van der Waals surface area contributed by atoms with Crippen LogP contribution in [0.15, 0.2) is 29.6 Å². The second-order valence-corrected chi connectivity index (χ2v) is 5.59. The van der Waals surface area contributed by atoms with Crippen LogP contribution in [-0.2, 0) is 6.42 Å². The van der Waals surface area contributed by atoms with Crippen molar-refractivity contribution in [3.8, 4) is 0 Å². The summed E-state index contributed by atoms with van der Waals surface area (Å²) >= 11 is 1.85. The van der Waals surface area contributed by atoms with Crippen LogP contribution in [0.2, 0.25) is 0 Å². The van der Waals surface area contributed by atoms with Gasteiger partial charge in [-0.2, -0.15) is 0 Å². The number of benzene rings is 1. The van der Waals surface area contributed by atoms with Crippen LogP contribution in [-0.4, -0.2) is 12.1 Å². The molecule has 0 spiro atoms. The van der Waals surface area contributed by atoms with Gasteiger partial charge in [0.1, 0.15) is 0 Å². The molecule has 0 radical (unpaired) electrons. The molecular formula is C14H19NS. The molecule has 1 aromatic carbocycles. The molecule has 0 saturated heterocycles. The van der Waals surface area contributed by atoms with Gasteiger partial charge in [0.25, 0.3) is 0 Å². The summed E-state index contributed by atoms with van der Waals surface area (Å²) in [7, 11) is 0. The Morgan fingerprint density at radius 3 is 2.69 bits per heavy atom. The third kappa shape index (κ3) is 2.63. The molecule has 0 saturated carbocycles. The largest absolute Gasteiger partial charge is 0.312 e. The summed E-state index contributed by atoms with van der Waals surface area (Å²) in [6, 6.07) is 9.75. The van der Waals surface area contributed by atoms with E-state index in [1.165, 1.54) is 15.6 Å². The van der Waals surface area contributed by atoms with E-state index in [4.69, 9.17) is 0 Å². The van der Waals surface area contributed by atoms with Crippen LogP contribution < -0.4 is 5.32 Å². The quantitative estimate of drug-likeness (QED) is 0.846. The lowest BCUT2D eigenvalue weighted by Crippen LogP contribution is -2.33. The second kappa shape index (κ2) is 4.98. The minimum absolute atomic E-state index is 0.540. The van der Waals surface area contributed by atoms with Crippen molar-refractivity contribution in [2.75, 3.05) is 0 Å². The number of fused-ring (bicyclic) bond motifs is 1. The van der Waals surface area contributed by atoms with Crippen molar-refractivity contribution in [1.82, 2.24) is 5.32 Å². The summed E-state index contributed by atoms with van der Waals surface area (Å²) in [6.07, 6.45) is 1.11. The van der Waals surface area contributed by atoms with Gasteiger partial charge in [0.15, 0.2) is 0 Å². The van der Waals surface area contributed by atoms with E-state index < -0.39 is 0 Å². The van der Waals surface area contributed by atoms with E-state index >= 15 is 0 Å². The highest BCUT2D eigenvalue weighted by Crippen LogP contribution is 2.26. The van der Waals surface area contributed by atoms with E-state index in [9.17, 15) is 0 Å². The van der Waals surface area contributed by atoms with E-state index in [-0.39, 0.29) is 0 Å². The van der Waals surface area contributed by atoms with Crippen LogP contribution in [0.5, 0.6) is 0 Å². The van der Waals surface area contributed by atoms with Crippen molar-refractivity contribution >= 4 is 21.4 Å². The lowest BCUT2D eigenvalue weighted by Gasteiger charge is -2.16. The van der Waals surface area contributed by atoms with Gasteiger partial charge in [-0.25, -0.2) is 0 Å². The van der Waals surface area contributed by atoms with E-state index in [0.29, 0.717) is 12.1 Å². The highest BCUT2D eigenvalue weighted by Gasteiger charge is 2.08. The normalized spacial score (nSPS) is 13.5. The minimum Gasteiger partial charge on any atom is -0.312 e. The molecule has 16 heavy (non-hydrogen) atoms. The predicted octanol–water partition coefficient (Wildman–Crippen LogP) is 3.83. The van der Waals surface area contributed by atoms with Crippen molar-refractivity contribution in [2.45, 2.75) is 39.3 Å². The fraction of sp³-hybridized carbons (Fsp3) is 0.429. The van der Waals surface area contributed by atoms with Crippen LogP contribution in [0.25, 0.3) is 10.1 Å².